The molecule has 30 heavy (non-hydrogen) atoms. The summed E-state index contributed by atoms with van der Waals surface area (Å²) in [6, 6.07) is 19.4. The predicted octanol–water partition coefficient (Wildman–Crippen LogP) is 4.21. The zero-order chi connectivity index (χ0) is 21.3. The number of nitrogens with one attached hydrogen (secondary N) is 1. The zero-order valence-corrected chi connectivity index (χ0v) is 17.6. The van der Waals surface area contributed by atoms with Gasteiger partial charge in [-0.1, -0.05) is 35.9 Å². The third-order valence-corrected chi connectivity index (χ3v) is 6.70. The lowest BCUT2D eigenvalue weighted by Gasteiger charge is -2.31. The molecule has 1 N–H and O–H groups in total. The number of ether oxygens (including phenoxy) is 1. The SMILES string of the molecule is CCOc1cccc(NC(=O)CN2c3ccc(C)cc3-c3ccccc3S2(=O)=O)c1. The van der Waals surface area contributed by atoms with Crippen LogP contribution in [-0.2, 0) is 14.8 Å². The molecule has 0 radical (unpaired) electrons. The predicted molar refractivity (Wildman–Crippen MR) is 117 cm³/mol. The number of aryl methyl sites for hydroxylation is 1. The Morgan fingerprint density at radius 3 is 2.60 bits per heavy atom. The van der Waals surface area contributed by atoms with E-state index in [1.54, 1.807) is 48.5 Å². The third kappa shape index (κ3) is 3.64. The first-order chi connectivity index (χ1) is 14.4. The molecule has 7 heteroatoms. The Hall–Kier alpha value is -3.32. The summed E-state index contributed by atoms with van der Waals surface area (Å²) in [5, 5.41) is 2.77. The van der Waals surface area contributed by atoms with E-state index in [2.05, 4.69) is 5.32 Å². The molecule has 3 aromatic carbocycles. The highest BCUT2D eigenvalue weighted by Crippen LogP contribution is 2.43. The van der Waals surface area contributed by atoms with Gasteiger partial charge in [0.25, 0.3) is 10.0 Å². The molecule has 154 valence electrons. The minimum absolute atomic E-state index is 0.203. The van der Waals surface area contributed by atoms with Gasteiger partial charge in [0.05, 0.1) is 17.2 Å². The lowest BCUT2D eigenvalue weighted by Crippen LogP contribution is -2.40. The fourth-order valence-corrected chi connectivity index (χ4v) is 5.23. The van der Waals surface area contributed by atoms with Crippen molar-refractivity contribution >= 4 is 27.3 Å². The molecule has 0 unspecified atom stereocenters. The number of benzene rings is 3. The topological polar surface area (TPSA) is 75.7 Å². The van der Waals surface area contributed by atoms with Crippen LogP contribution in [0.25, 0.3) is 11.1 Å². The van der Waals surface area contributed by atoms with E-state index in [0.29, 0.717) is 29.3 Å². The standard InChI is InChI=1S/C23H22N2O4S/c1-3-29-18-8-6-7-17(14-18)24-23(26)15-25-21-12-11-16(2)13-20(21)19-9-4-5-10-22(19)30(25,27)28/h4-14H,3,15H2,1-2H3,(H,24,26). The number of hydrogen-bond acceptors (Lipinski definition) is 4. The van der Waals surface area contributed by atoms with E-state index >= 15 is 0 Å². The Morgan fingerprint density at radius 2 is 1.80 bits per heavy atom. The lowest BCUT2D eigenvalue weighted by atomic mass is 10.0. The van der Waals surface area contributed by atoms with E-state index in [0.717, 1.165) is 11.1 Å². The average Bonchev–Trinajstić information content (AvgIpc) is 2.72. The van der Waals surface area contributed by atoms with Crippen LogP contribution in [0.3, 0.4) is 0 Å². The first kappa shape index (κ1) is 20.0. The van der Waals surface area contributed by atoms with Gasteiger partial charge in [-0.15, -0.1) is 0 Å². The smallest absolute Gasteiger partial charge is 0.265 e. The summed E-state index contributed by atoms with van der Waals surface area (Å²) in [4.78, 5) is 13.0. The van der Waals surface area contributed by atoms with Crippen LogP contribution in [0, 0.1) is 6.92 Å². The number of rotatable bonds is 5. The molecule has 3 aromatic rings. The van der Waals surface area contributed by atoms with Crippen LogP contribution < -0.4 is 14.4 Å². The van der Waals surface area contributed by atoms with Crippen LogP contribution in [0.15, 0.2) is 71.6 Å². The van der Waals surface area contributed by atoms with E-state index < -0.39 is 15.9 Å². The number of fused-ring (bicyclic) bond motifs is 3. The van der Waals surface area contributed by atoms with Gasteiger partial charge >= 0.3 is 0 Å². The maximum atomic E-state index is 13.3. The minimum Gasteiger partial charge on any atom is -0.494 e. The summed E-state index contributed by atoms with van der Waals surface area (Å²) in [6.07, 6.45) is 0. The quantitative estimate of drug-likeness (QED) is 0.668. The molecule has 4 rings (SSSR count). The number of amides is 1. The molecule has 1 amide bonds. The summed E-state index contributed by atoms with van der Waals surface area (Å²) in [5.41, 5.74) is 3.51. The number of hydrogen-bond donors (Lipinski definition) is 1. The summed E-state index contributed by atoms with van der Waals surface area (Å²) >= 11 is 0. The summed E-state index contributed by atoms with van der Waals surface area (Å²) in [6.45, 7) is 4.02. The van der Waals surface area contributed by atoms with Crippen molar-refractivity contribution in [1.82, 2.24) is 0 Å². The number of anilines is 2. The van der Waals surface area contributed by atoms with Crippen molar-refractivity contribution in [2.45, 2.75) is 18.7 Å². The van der Waals surface area contributed by atoms with Crippen molar-refractivity contribution < 1.29 is 17.9 Å². The van der Waals surface area contributed by atoms with Crippen LogP contribution >= 0.6 is 0 Å². The Bertz CT molecular complexity index is 1220. The third-order valence-electron chi connectivity index (χ3n) is 4.88. The van der Waals surface area contributed by atoms with E-state index in [1.165, 1.54) is 4.31 Å². The molecule has 1 aliphatic heterocycles. The number of carbonyl (C=O) groups is 1. The van der Waals surface area contributed by atoms with Gasteiger partial charge in [0.15, 0.2) is 0 Å². The Labute approximate surface area is 176 Å². The maximum absolute atomic E-state index is 13.3. The second kappa shape index (κ2) is 7.84. The first-order valence-corrected chi connectivity index (χ1v) is 11.1. The van der Waals surface area contributed by atoms with Gasteiger partial charge in [-0.3, -0.25) is 9.10 Å². The molecule has 0 spiro atoms. The van der Waals surface area contributed by atoms with Crippen molar-refractivity contribution in [1.29, 1.82) is 0 Å². The molecular weight excluding hydrogens is 400 g/mol. The second-order valence-corrected chi connectivity index (χ2v) is 8.87. The van der Waals surface area contributed by atoms with Crippen LogP contribution in [0.4, 0.5) is 11.4 Å². The molecule has 1 heterocycles. The molecule has 0 aromatic heterocycles. The van der Waals surface area contributed by atoms with Crippen molar-refractivity contribution in [2.24, 2.45) is 0 Å². The molecule has 6 nitrogen and oxygen atoms in total. The van der Waals surface area contributed by atoms with Gasteiger partial charge in [-0.05, 0) is 44.2 Å². The van der Waals surface area contributed by atoms with E-state index in [1.807, 2.05) is 32.0 Å². The van der Waals surface area contributed by atoms with Crippen molar-refractivity contribution in [3.8, 4) is 16.9 Å². The highest BCUT2D eigenvalue weighted by molar-refractivity contribution is 7.93. The molecule has 1 aliphatic rings. The Kier molecular flexibility index (Phi) is 5.22. The average molecular weight is 423 g/mol. The number of sulfonamides is 1. The first-order valence-electron chi connectivity index (χ1n) is 9.65. The molecular formula is C23H22N2O4S. The fourth-order valence-electron chi connectivity index (χ4n) is 3.58. The van der Waals surface area contributed by atoms with Gasteiger partial charge < -0.3 is 10.1 Å². The van der Waals surface area contributed by atoms with Gasteiger partial charge in [-0.25, -0.2) is 8.42 Å². The van der Waals surface area contributed by atoms with Gasteiger partial charge in [0.1, 0.15) is 12.3 Å². The molecule has 0 atom stereocenters. The highest BCUT2D eigenvalue weighted by atomic mass is 32.2. The normalized spacial score (nSPS) is 13.9. The van der Waals surface area contributed by atoms with Crippen LogP contribution in [0.1, 0.15) is 12.5 Å². The fraction of sp³-hybridized carbons (Fsp3) is 0.174. The van der Waals surface area contributed by atoms with Crippen LogP contribution in [0.2, 0.25) is 0 Å². The highest BCUT2D eigenvalue weighted by Gasteiger charge is 2.35. The maximum Gasteiger partial charge on any atom is 0.265 e. The van der Waals surface area contributed by atoms with E-state index in [4.69, 9.17) is 4.74 Å². The number of nitrogens with zero attached hydrogens (tertiary/aromatic N) is 1. The van der Waals surface area contributed by atoms with Crippen molar-refractivity contribution in [3.05, 3.63) is 72.3 Å². The largest absolute Gasteiger partial charge is 0.494 e. The second-order valence-electron chi connectivity index (χ2n) is 7.04. The molecule has 0 aliphatic carbocycles. The minimum atomic E-state index is -3.87. The van der Waals surface area contributed by atoms with Gasteiger partial charge in [0, 0.05) is 22.9 Å². The van der Waals surface area contributed by atoms with E-state index in [9.17, 15) is 13.2 Å². The van der Waals surface area contributed by atoms with Crippen LogP contribution in [0.5, 0.6) is 5.75 Å². The summed E-state index contributed by atoms with van der Waals surface area (Å²) in [7, 11) is -3.87. The Morgan fingerprint density at radius 1 is 1.00 bits per heavy atom. The van der Waals surface area contributed by atoms with E-state index in [-0.39, 0.29) is 11.4 Å². The zero-order valence-electron chi connectivity index (χ0n) is 16.8. The van der Waals surface area contributed by atoms with Crippen molar-refractivity contribution in [2.75, 3.05) is 22.8 Å². The molecule has 0 fully saturated rings. The molecule has 0 bridgehead atoms. The molecule has 0 saturated carbocycles. The van der Waals surface area contributed by atoms with Gasteiger partial charge in [-0.2, -0.15) is 0 Å². The Balaban J connectivity index is 1.67. The summed E-state index contributed by atoms with van der Waals surface area (Å²) < 4.78 is 33.2. The number of carbonyl (C=O) groups excluding carboxylic acids is 1. The van der Waals surface area contributed by atoms with Crippen LogP contribution in [-0.4, -0.2) is 27.5 Å². The summed E-state index contributed by atoms with van der Waals surface area (Å²) in [5.74, 6) is 0.203. The molecule has 0 saturated heterocycles. The van der Waals surface area contributed by atoms with Crippen molar-refractivity contribution in [3.63, 3.8) is 0 Å². The van der Waals surface area contributed by atoms with Gasteiger partial charge in [0.2, 0.25) is 5.91 Å². The lowest BCUT2D eigenvalue weighted by molar-refractivity contribution is -0.114. The monoisotopic (exact) mass is 422 g/mol.